The number of carbonyl (C=O) groups excluding carboxylic acids is 2. The van der Waals surface area contributed by atoms with Crippen molar-refractivity contribution in [2.24, 2.45) is 0 Å². The van der Waals surface area contributed by atoms with Gasteiger partial charge in [0.05, 0.1) is 5.56 Å². The zero-order chi connectivity index (χ0) is 10.3. The molecule has 0 saturated heterocycles. The maximum atomic E-state index is 11.3. The van der Waals surface area contributed by atoms with E-state index in [1.54, 1.807) is 0 Å². The van der Waals surface area contributed by atoms with Crippen LogP contribution in [0.15, 0.2) is 12.1 Å². The van der Waals surface area contributed by atoms with Crippen LogP contribution in [0.25, 0.3) is 0 Å². The number of Topliss-reactive ketones (excluding diaryl/α,β-unsaturated/α-hetero) is 2. The third-order valence-corrected chi connectivity index (χ3v) is 2.16. The molecule has 0 atom stereocenters. The van der Waals surface area contributed by atoms with Gasteiger partial charge in [0.1, 0.15) is 17.1 Å². The van der Waals surface area contributed by atoms with Crippen LogP contribution < -0.4 is 4.74 Å². The Morgan fingerprint density at radius 3 is 2.86 bits per heavy atom. The highest BCUT2D eigenvalue weighted by atomic mass is 16.5. The molecular weight excluding hydrogens is 184 g/mol. The maximum absolute atomic E-state index is 11.3. The van der Waals surface area contributed by atoms with Crippen molar-refractivity contribution in [3.63, 3.8) is 0 Å². The molecule has 1 heterocycles. The molecule has 0 radical (unpaired) electrons. The Labute approximate surface area is 80.1 Å². The van der Waals surface area contributed by atoms with E-state index in [-0.39, 0.29) is 35.0 Å². The second-order valence-corrected chi connectivity index (χ2v) is 3.10. The summed E-state index contributed by atoms with van der Waals surface area (Å²) in [5, 5.41) is 9.63. The second kappa shape index (κ2) is 2.83. The second-order valence-electron chi connectivity index (χ2n) is 3.10. The van der Waals surface area contributed by atoms with Crippen LogP contribution in [0.4, 0.5) is 0 Å². The average Bonchev–Trinajstić information content (AvgIpc) is 2.48. The first-order chi connectivity index (χ1) is 6.61. The first kappa shape index (κ1) is 8.74. The van der Waals surface area contributed by atoms with Gasteiger partial charge in [0.15, 0.2) is 12.4 Å². The van der Waals surface area contributed by atoms with Crippen LogP contribution in [0.3, 0.4) is 0 Å². The Kier molecular flexibility index (Phi) is 1.77. The molecule has 14 heavy (non-hydrogen) atoms. The van der Waals surface area contributed by atoms with E-state index < -0.39 is 0 Å². The third kappa shape index (κ3) is 1.08. The van der Waals surface area contributed by atoms with Gasteiger partial charge in [-0.25, -0.2) is 0 Å². The molecule has 1 aliphatic heterocycles. The third-order valence-electron chi connectivity index (χ3n) is 2.16. The van der Waals surface area contributed by atoms with E-state index in [1.807, 2.05) is 0 Å². The van der Waals surface area contributed by atoms with Gasteiger partial charge in [-0.15, -0.1) is 0 Å². The highest BCUT2D eigenvalue weighted by Gasteiger charge is 2.27. The molecule has 72 valence electrons. The highest BCUT2D eigenvalue weighted by molar-refractivity contribution is 6.08. The van der Waals surface area contributed by atoms with E-state index in [2.05, 4.69) is 0 Å². The fourth-order valence-electron chi connectivity index (χ4n) is 1.46. The number of hydrogen-bond donors (Lipinski definition) is 1. The van der Waals surface area contributed by atoms with E-state index in [0.29, 0.717) is 5.75 Å². The first-order valence-electron chi connectivity index (χ1n) is 4.14. The zero-order valence-electron chi connectivity index (χ0n) is 7.53. The largest absolute Gasteiger partial charge is 0.506 e. The van der Waals surface area contributed by atoms with Gasteiger partial charge in [0.25, 0.3) is 0 Å². The quantitative estimate of drug-likeness (QED) is 0.678. The van der Waals surface area contributed by atoms with Gasteiger partial charge in [-0.05, 0) is 19.1 Å². The van der Waals surface area contributed by atoms with Gasteiger partial charge < -0.3 is 9.84 Å². The predicted octanol–water partition coefficient (Wildman–Crippen LogP) is 1.17. The molecule has 0 saturated carbocycles. The Hall–Kier alpha value is -1.84. The summed E-state index contributed by atoms with van der Waals surface area (Å²) in [5.41, 5.74) is 0.278. The van der Waals surface area contributed by atoms with Crippen LogP contribution in [-0.4, -0.2) is 23.3 Å². The molecule has 0 unspecified atom stereocenters. The number of phenols is 1. The molecule has 4 nitrogen and oxygen atoms in total. The maximum Gasteiger partial charge on any atom is 0.207 e. The van der Waals surface area contributed by atoms with Gasteiger partial charge >= 0.3 is 0 Å². The van der Waals surface area contributed by atoms with Crippen LogP contribution in [0, 0.1) is 0 Å². The van der Waals surface area contributed by atoms with Gasteiger partial charge in [-0.3, -0.25) is 9.59 Å². The molecule has 0 aliphatic carbocycles. The zero-order valence-corrected chi connectivity index (χ0v) is 7.53. The molecule has 0 bridgehead atoms. The van der Waals surface area contributed by atoms with Crippen LogP contribution in [0.1, 0.15) is 27.6 Å². The lowest BCUT2D eigenvalue weighted by Gasteiger charge is -2.03. The summed E-state index contributed by atoms with van der Waals surface area (Å²) < 4.78 is 5.01. The summed E-state index contributed by atoms with van der Waals surface area (Å²) in [7, 11) is 0. The summed E-state index contributed by atoms with van der Waals surface area (Å²) in [5.74, 6) is -0.486. The predicted molar refractivity (Wildman–Crippen MR) is 47.9 cm³/mol. The molecule has 0 aromatic heterocycles. The van der Waals surface area contributed by atoms with Crippen molar-refractivity contribution >= 4 is 11.6 Å². The Bertz CT molecular complexity index is 434. The lowest BCUT2D eigenvalue weighted by Crippen LogP contribution is -2.01. The Balaban J connectivity index is 2.67. The van der Waals surface area contributed by atoms with E-state index in [1.165, 1.54) is 19.1 Å². The van der Waals surface area contributed by atoms with Gasteiger partial charge in [-0.1, -0.05) is 0 Å². The van der Waals surface area contributed by atoms with Gasteiger partial charge in [0.2, 0.25) is 5.78 Å². The molecule has 0 spiro atoms. The summed E-state index contributed by atoms with van der Waals surface area (Å²) >= 11 is 0. The highest BCUT2D eigenvalue weighted by Crippen LogP contribution is 2.35. The van der Waals surface area contributed by atoms with Crippen molar-refractivity contribution in [2.45, 2.75) is 6.92 Å². The van der Waals surface area contributed by atoms with Crippen molar-refractivity contribution in [2.75, 3.05) is 6.61 Å². The van der Waals surface area contributed by atoms with E-state index in [4.69, 9.17) is 4.74 Å². The van der Waals surface area contributed by atoms with Crippen molar-refractivity contribution in [3.05, 3.63) is 23.3 Å². The minimum absolute atomic E-state index is 0.0652. The summed E-state index contributed by atoms with van der Waals surface area (Å²) in [6, 6.07) is 2.98. The number of ether oxygens (including phenoxy) is 1. The fraction of sp³-hybridized carbons (Fsp3) is 0.200. The van der Waals surface area contributed by atoms with Gasteiger partial charge in [-0.2, -0.15) is 0 Å². The Morgan fingerprint density at radius 2 is 2.21 bits per heavy atom. The van der Waals surface area contributed by atoms with Gasteiger partial charge in [0, 0.05) is 0 Å². The number of rotatable bonds is 1. The van der Waals surface area contributed by atoms with Crippen LogP contribution in [0.5, 0.6) is 11.5 Å². The number of ketones is 2. The Morgan fingerprint density at radius 1 is 1.50 bits per heavy atom. The number of fused-ring (bicyclic) bond motifs is 1. The minimum atomic E-state index is -0.291. The monoisotopic (exact) mass is 192 g/mol. The topological polar surface area (TPSA) is 63.6 Å². The summed E-state index contributed by atoms with van der Waals surface area (Å²) in [4.78, 5) is 22.3. The van der Waals surface area contributed by atoms with Crippen molar-refractivity contribution in [1.29, 1.82) is 0 Å². The van der Waals surface area contributed by atoms with Crippen LogP contribution in [-0.2, 0) is 0 Å². The van der Waals surface area contributed by atoms with Crippen molar-refractivity contribution in [1.82, 2.24) is 0 Å². The molecule has 1 N–H and O–H groups in total. The normalized spacial score (nSPS) is 13.6. The number of benzene rings is 1. The molecule has 0 fully saturated rings. The minimum Gasteiger partial charge on any atom is -0.506 e. The number of hydrogen-bond acceptors (Lipinski definition) is 4. The fourth-order valence-corrected chi connectivity index (χ4v) is 1.46. The summed E-state index contributed by atoms with van der Waals surface area (Å²) in [6.07, 6.45) is 0. The number of carbonyl (C=O) groups is 2. The average molecular weight is 192 g/mol. The van der Waals surface area contributed by atoms with E-state index in [9.17, 15) is 14.7 Å². The van der Waals surface area contributed by atoms with E-state index >= 15 is 0 Å². The van der Waals surface area contributed by atoms with E-state index in [0.717, 1.165) is 0 Å². The summed E-state index contributed by atoms with van der Waals surface area (Å²) in [6.45, 7) is 1.27. The van der Waals surface area contributed by atoms with Crippen LogP contribution >= 0.6 is 0 Å². The molecule has 4 heteroatoms. The van der Waals surface area contributed by atoms with Crippen molar-refractivity contribution < 1.29 is 19.4 Å². The molecule has 0 amide bonds. The number of phenolic OH excluding ortho intramolecular Hbond substituents is 1. The first-order valence-corrected chi connectivity index (χ1v) is 4.14. The SMILES string of the molecule is CC(=O)c1ccc2c(c1O)C(=O)CO2. The lowest BCUT2D eigenvalue weighted by atomic mass is 10.0. The van der Waals surface area contributed by atoms with Crippen LogP contribution in [0.2, 0.25) is 0 Å². The molecule has 1 aromatic carbocycles. The lowest BCUT2D eigenvalue weighted by molar-refractivity contribution is 0.0959. The molecule has 1 aromatic rings. The molecular formula is C10H8O4. The molecule has 2 rings (SSSR count). The van der Waals surface area contributed by atoms with Crippen molar-refractivity contribution in [3.8, 4) is 11.5 Å². The number of aromatic hydroxyl groups is 1. The standard InChI is InChI=1S/C10H8O4/c1-5(11)6-2-3-8-9(10(6)13)7(12)4-14-8/h2-3,13H,4H2,1H3. The molecule has 1 aliphatic rings. The smallest absolute Gasteiger partial charge is 0.207 e.